The van der Waals surface area contributed by atoms with E-state index in [1.54, 1.807) is 0 Å². The van der Waals surface area contributed by atoms with Gasteiger partial charge in [0.25, 0.3) is 0 Å². The van der Waals surface area contributed by atoms with E-state index in [9.17, 15) is 0 Å². The number of anilines is 3. The Bertz CT molecular complexity index is 2760. The summed E-state index contributed by atoms with van der Waals surface area (Å²) in [7, 11) is 0. The Kier molecular flexibility index (Phi) is 6.31. The smallest absolute Gasteiger partial charge is 0.159 e. The van der Waals surface area contributed by atoms with Crippen LogP contribution in [-0.4, -0.2) is 0 Å². The minimum absolute atomic E-state index is 0.852. The molecule has 49 heavy (non-hydrogen) atoms. The average molecular weight is 630 g/mol. The van der Waals surface area contributed by atoms with Crippen molar-refractivity contribution in [3.63, 3.8) is 0 Å². The third kappa shape index (κ3) is 4.51. The number of nitrogens with zero attached hydrogens (tertiary/aromatic N) is 1. The Labute approximate surface area is 283 Å². The molecule has 0 aliphatic heterocycles. The van der Waals surface area contributed by atoms with Crippen molar-refractivity contribution >= 4 is 77.3 Å². The average Bonchev–Trinajstić information content (AvgIpc) is 3.73. The van der Waals surface area contributed by atoms with E-state index in [1.165, 1.54) is 22.1 Å². The van der Waals surface area contributed by atoms with Crippen molar-refractivity contribution in [1.82, 2.24) is 0 Å². The summed E-state index contributed by atoms with van der Waals surface area (Å²) in [6.07, 6.45) is 8.96. The minimum Gasteiger partial charge on any atom is -0.456 e. The molecule has 1 aliphatic carbocycles. The maximum Gasteiger partial charge on any atom is 0.159 e. The largest absolute Gasteiger partial charge is 0.456 e. The molecule has 0 unspecified atom stereocenters. The first-order valence-electron chi connectivity index (χ1n) is 16.9. The molecule has 0 spiro atoms. The molecule has 0 atom stereocenters. The van der Waals surface area contributed by atoms with E-state index in [0.29, 0.717) is 0 Å². The highest BCUT2D eigenvalue weighted by molar-refractivity contribution is 6.20. The van der Waals surface area contributed by atoms with E-state index in [1.807, 2.05) is 6.07 Å². The summed E-state index contributed by atoms with van der Waals surface area (Å²) in [5.41, 5.74) is 11.3. The summed E-state index contributed by atoms with van der Waals surface area (Å²) >= 11 is 0. The van der Waals surface area contributed by atoms with Crippen molar-refractivity contribution in [2.24, 2.45) is 0 Å². The first kappa shape index (κ1) is 27.8. The molecule has 3 heteroatoms. The van der Waals surface area contributed by atoms with Crippen molar-refractivity contribution in [2.45, 2.75) is 12.8 Å². The predicted octanol–water partition coefficient (Wildman–Crippen LogP) is 13.5. The molecule has 0 fully saturated rings. The number of benzene rings is 7. The van der Waals surface area contributed by atoms with E-state index in [-0.39, 0.29) is 0 Å². The SMILES string of the molecule is C1=CC(c2ccc3oc4cc5ccccc5cc4c3c2N(c2ccc(-c3ccccc3)cc2)c2cccc3c2oc2ccccc23)=CCC1. The molecule has 232 valence electrons. The van der Waals surface area contributed by atoms with Gasteiger partial charge in [0.2, 0.25) is 0 Å². The van der Waals surface area contributed by atoms with Gasteiger partial charge in [-0.05, 0) is 88.8 Å². The molecular formula is C46H31NO2. The number of para-hydroxylation sites is 2. The fourth-order valence-electron chi connectivity index (χ4n) is 7.54. The highest BCUT2D eigenvalue weighted by Gasteiger charge is 2.27. The van der Waals surface area contributed by atoms with Crippen LogP contribution in [0.3, 0.4) is 0 Å². The molecular weight excluding hydrogens is 599 g/mol. The van der Waals surface area contributed by atoms with Crippen molar-refractivity contribution in [2.75, 3.05) is 4.90 Å². The lowest BCUT2D eigenvalue weighted by Crippen LogP contribution is -2.13. The van der Waals surface area contributed by atoms with Gasteiger partial charge in [0, 0.05) is 27.4 Å². The number of furan rings is 2. The van der Waals surface area contributed by atoms with E-state index >= 15 is 0 Å². The molecule has 0 saturated carbocycles. The lowest BCUT2D eigenvalue weighted by Gasteiger charge is -2.29. The maximum atomic E-state index is 6.73. The van der Waals surface area contributed by atoms with Crippen LogP contribution in [0.15, 0.2) is 173 Å². The lowest BCUT2D eigenvalue weighted by molar-refractivity contribution is 0.668. The zero-order chi connectivity index (χ0) is 32.3. The molecule has 3 nitrogen and oxygen atoms in total. The fraction of sp³-hybridized carbons (Fsp3) is 0.0435. The van der Waals surface area contributed by atoms with E-state index in [2.05, 4.69) is 163 Å². The Hall–Kier alpha value is -6.32. The minimum atomic E-state index is 0.852. The number of rotatable bonds is 5. The standard InChI is InChI=1S/C46H31NO2/c1-3-12-30(13-4-1)31-22-24-35(25-23-31)47(40-20-11-19-38-37-18-9-10-21-41(37)49-46(38)40)45-36(32-14-5-2-6-15-32)26-27-42-44(45)39-28-33-16-7-8-17-34(33)29-43(39)48-42/h1,3-5,7-29H,2,6H2. The second-order valence-electron chi connectivity index (χ2n) is 12.8. The molecule has 0 radical (unpaired) electrons. The summed E-state index contributed by atoms with van der Waals surface area (Å²) in [6.45, 7) is 0. The van der Waals surface area contributed by atoms with Crippen LogP contribution in [-0.2, 0) is 0 Å². The first-order valence-corrected chi connectivity index (χ1v) is 16.9. The normalized spacial score (nSPS) is 13.2. The highest BCUT2D eigenvalue weighted by Crippen LogP contribution is 2.50. The van der Waals surface area contributed by atoms with Crippen molar-refractivity contribution < 1.29 is 8.83 Å². The summed E-state index contributed by atoms with van der Waals surface area (Å²) in [4.78, 5) is 2.39. The molecule has 0 saturated heterocycles. The van der Waals surface area contributed by atoms with Crippen LogP contribution in [0.25, 0.3) is 71.3 Å². The zero-order valence-electron chi connectivity index (χ0n) is 26.8. The van der Waals surface area contributed by atoms with Crippen molar-refractivity contribution in [3.05, 3.63) is 169 Å². The predicted molar refractivity (Wildman–Crippen MR) is 205 cm³/mol. The molecule has 0 bridgehead atoms. The molecule has 2 heterocycles. The van der Waals surface area contributed by atoms with Gasteiger partial charge in [0.15, 0.2) is 5.58 Å². The monoisotopic (exact) mass is 629 g/mol. The fourth-order valence-corrected chi connectivity index (χ4v) is 7.54. The van der Waals surface area contributed by atoms with Gasteiger partial charge >= 0.3 is 0 Å². The lowest BCUT2D eigenvalue weighted by atomic mass is 9.93. The topological polar surface area (TPSA) is 29.5 Å². The molecule has 0 amide bonds. The van der Waals surface area contributed by atoms with Gasteiger partial charge in [-0.25, -0.2) is 0 Å². The Morgan fingerprint density at radius 1 is 0.510 bits per heavy atom. The van der Waals surface area contributed by atoms with Gasteiger partial charge < -0.3 is 13.7 Å². The van der Waals surface area contributed by atoms with Crippen molar-refractivity contribution in [3.8, 4) is 11.1 Å². The van der Waals surface area contributed by atoms with E-state index in [4.69, 9.17) is 8.83 Å². The van der Waals surface area contributed by atoms with Gasteiger partial charge in [0.05, 0.1) is 16.8 Å². The van der Waals surface area contributed by atoms with Gasteiger partial charge in [-0.15, -0.1) is 0 Å². The van der Waals surface area contributed by atoms with Crippen LogP contribution in [0, 0.1) is 0 Å². The molecule has 7 aromatic carbocycles. The second kappa shape index (κ2) is 11.1. The maximum absolute atomic E-state index is 6.73. The summed E-state index contributed by atoms with van der Waals surface area (Å²) in [5, 5.41) is 6.72. The van der Waals surface area contributed by atoms with Crippen LogP contribution in [0.2, 0.25) is 0 Å². The van der Waals surface area contributed by atoms with Gasteiger partial charge in [-0.3, -0.25) is 0 Å². The summed E-state index contributed by atoms with van der Waals surface area (Å²) in [6, 6.07) is 51.6. The van der Waals surface area contributed by atoms with Crippen molar-refractivity contribution in [1.29, 1.82) is 0 Å². The Morgan fingerprint density at radius 3 is 2.10 bits per heavy atom. The Morgan fingerprint density at radius 2 is 1.27 bits per heavy atom. The third-order valence-corrected chi connectivity index (χ3v) is 9.86. The molecule has 1 aliphatic rings. The number of hydrogen-bond acceptors (Lipinski definition) is 3. The molecule has 0 N–H and O–H groups in total. The molecule has 9 aromatic rings. The zero-order valence-corrected chi connectivity index (χ0v) is 26.8. The number of hydrogen-bond donors (Lipinski definition) is 0. The second-order valence-corrected chi connectivity index (χ2v) is 12.8. The quantitative estimate of drug-likeness (QED) is 0.190. The number of allylic oxidation sites excluding steroid dienone is 4. The van der Waals surface area contributed by atoms with Gasteiger partial charge in [-0.2, -0.15) is 0 Å². The van der Waals surface area contributed by atoms with Gasteiger partial charge in [-0.1, -0.05) is 115 Å². The first-order chi connectivity index (χ1) is 24.3. The van der Waals surface area contributed by atoms with Crippen LogP contribution < -0.4 is 4.90 Å². The highest BCUT2D eigenvalue weighted by atomic mass is 16.3. The van der Waals surface area contributed by atoms with E-state index in [0.717, 1.165) is 84.7 Å². The van der Waals surface area contributed by atoms with E-state index < -0.39 is 0 Å². The number of fused-ring (bicyclic) bond motifs is 7. The van der Waals surface area contributed by atoms with Crippen LogP contribution in [0.4, 0.5) is 17.1 Å². The molecule has 2 aromatic heterocycles. The van der Waals surface area contributed by atoms with Gasteiger partial charge in [0.1, 0.15) is 16.7 Å². The van der Waals surface area contributed by atoms with Crippen LogP contribution in [0.5, 0.6) is 0 Å². The Balaban J connectivity index is 1.33. The summed E-state index contributed by atoms with van der Waals surface area (Å²) < 4.78 is 13.4. The summed E-state index contributed by atoms with van der Waals surface area (Å²) in [5.74, 6) is 0. The molecule has 10 rings (SSSR count). The van der Waals surface area contributed by atoms with Crippen LogP contribution in [0.1, 0.15) is 18.4 Å². The third-order valence-electron chi connectivity index (χ3n) is 9.86. The van der Waals surface area contributed by atoms with Crippen LogP contribution >= 0.6 is 0 Å².